The molecule has 0 aromatic heterocycles. The maximum absolute atomic E-state index is 11.0. The quantitative estimate of drug-likeness (QED) is 0.341. The van der Waals surface area contributed by atoms with Crippen LogP contribution in [0.25, 0.3) is 0 Å². The fourth-order valence-corrected chi connectivity index (χ4v) is 5.11. The average molecular weight is 519 g/mol. The maximum Gasteiger partial charge on any atom is 0.269 e. The summed E-state index contributed by atoms with van der Waals surface area (Å²) in [6, 6.07) is 22.7. The molecule has 3 atom stereocenters. The van der Waals surface area contributed by atoms with Crippen molar-refractivity contribution in [3.05, 3.63) is 105 Å². The van der Waals surface area contributed by atoms with E-state index < -0.39 is 6.29 Å². The number of hydrogen-bond acceptors (Lipinski definition) is 8. The van der Waals surface area contributed by atoms with Gasteiger partial charge in [0.1, 0.15) is 0 Å². The van der Waals surface area contributed by atoms with E-state index >= 15 is 0 Å². The van der Waals surface area contributed by atoms with Crippen LogP contribution in [0.3, 0.4) is 0 Å². The standard InChI is InChI=1S/C29H34N4O5/c30-18-21-1-7-24(8-2-21)29-37-27(17-28(38-29)23-5-3-22(20-34)4-6-23)19-31-13-15-32(16-14-31)25-9-11-26(12-10-25)33(35)36/h1-12,27-29,34H,13-20,30H2. The summed E-state index contributed by atoms with van der Waals surface area (Å²) >= 11 is 0. The number of nitro groups is 1. The fraction of sp³-hybridized carbons (Fsp3) is 0.379. The number of anilines is 1. The Morgan fingerprint density at radius 3 is 2.11 bits per heavy atom. The Kier molecular flexibility index (Phi) is 8.31. The number of nitrogens with two attached hydrogens (primary N) is 1. The molecular weight excluding hydrogens is 484 g/mol. The van der Waals surface area contributed by atoms with Crippen molar-refractivity contribution < 1.29 is 19.5 Å². The van der Waals surface area contributed by atoms with Gasteiger partial charge in [-0.2, -0.15) is 0 Å². The van der Waals surface area contributed by atoms with Gasteiger partial charge in [-0.3, -0.25) is 15.0 Å². The molecule has 3 aromatic rings. The second-order valence-electron chi connectivity index (χ2n) is 9.86. The molecule has 0 bridgehead atoms. The van der Waals surface area contributed by atoms with Crippen LogP contribution in [0.1, 0.15) is 41.1 Å². The van der Waals surface area contributed by atoms with Gasteiger partial charge >= 0.3 is 0 Å². The maximum atomic E-state index is 11.0. The molecule has 2 aliphatic heterocycles. The first-order valence-electron chi connectivity index (χ1n) is 13.0. The average Bonchev–Trinajstić information content (AvgIpc) is 2.97. The number of aliphatic hydroxyl groups excluding tert-OH is 1. The summed E-state index contributed by atoms with van der Waals surface area (Å²) in [7, 11) is 0. The number of hydrogen-bond donors (Lipinski definition) is 2. The van der Waals surface area contributed by atoms with Crippen LogP contribution in [0.2, 0.25) is 0 Å². The molecule has 5 rings (SSSR count). The molecule has 200 valence electrons. The Labute approximate surface area is 222 Å². The molecule has 2 aliphatic rings. The van der Waals surface area contributed by atoms with Gasteiger partial charge in [-0.25, -0.2) is 0 Å². The number of ether oxygens (including phenoxy) is 2. The Balaban J connectivity index is 1.25. The van der Waals surface area contributed by atoms with Crippen molar-refractivity contribution in [1.82, 2.24) is 4.90 Å². The third-order valence-corrected chi connectivity index (χ3v) is 7.36. The first kappa shape index (κ1) is 26.3. The molecule has 3 N–H and O–H groups in total. The van der Waals surface area contributed by atoms with E-state index in [0.717, 1.165) is 67.1 Å². The van der Waals surface area contributed by atoms with E-state index in [1.54, 1.807) is 12.1 Å². The molecule has 0 aliphatic carbocycles. The van der Waals surface area contributed by atoms with Crippen LogP contribution in [0.5, 0.6) is 0 Å². The van der Waals surface area contributed by atoms with Gasteiger partial charge in [-0.15, -0.1) is 0 Å². The van der Waals surface area contributed by atoms with E-state index in [4.69, 9.17) is 15.2 Å². The van der Waals surface area contributed by atoms with Gasteiger partial charge in [0.05, 0.1) is 23.7 Å². The number of rotatable bonds is 8. The third-order valence-electron chi connectivity index (χ3n) is 7.36. The number of nitrogens with zero attached hydrogens (tertiary/aromatic N) is 3. The van der Waals surface area contributed by atoms with Crippen molar-refractivity contribution in [1.29, 1.82) is 0 Å². The highest BCUT2D eigenvalue weighted by molar-refractivity contribution is 5.51. The zero-order chi connectivity index (χ0) is 26.5. The normalized spacial score (nSPS) is 22.4. The lowest BCUT2D eigenvalue weighted by Crippen LogP contribution is -2.49. The molecule has 9 nitrogen and oxygen atoms in total. The van der Waals surface area contributed by atoms with Crippen LogP contribution in [0.4, 0.5) is 11.4 Å². The summed E-state index contributed by atoms with van der Waals surface area (Å²) in [6.07, 6.45) is 0.112. The summed E-state index contributed by atoms with van der Waals surface area (Å²) in [4.78, 5) is 15.3. The van der Waals surface area contributed by atoms with E-state index in [1.165, 1.54) is 0 Å². The summed E-state index contributed by atoms with van der Waals surface area (Å²) < 4.78 is 12.9. The summed E-state index contributed by atoms with van der Waals surface area (Å²) in [5.74, 6) is 0. The number of piperazine rings is 1. The SMILES string of the molecule is NCc1ccc(C2OC(CN3CCN(c4ccc([N+](=O)[O-])cc4)CC3)CC(c3ccc(CO)cc3)O2)cc1. The largest absolute Gasteiger partial charge is 0.392 e. The van der Waals surface area contributed by atoms with Crippen LogP contribution < -0.4 is 10.6 Å². The van der Waals surface area contributed by atoms with E-state index in [9.17, 15) is 15.2 Å². The third kappa shape index (κ3) is 6.20. The van der Waals surface area contributed by atoms with E-state index in [-0.39, 0.29) is 29.4 Å². The zero-order valence-corrected chi connectivity index (χ0v) is 21.3. The molecular formula is C29H34N4O5. The van der Waals surface area contributed by atoms with Crippen molar-refractivity contribution >= 4 is 11.4 Å². The summed E-state index contributed by atoms with van der Waals surface area (Å²) in [5, 5.41) is 20.4. The molecule has 2 heterocycles. The number of nitro benzene ring substituents is 1. The molecule has 2 saturated heterocycles. The van der Waals surface area contributed by atoms with Crippen LogP contribution >= 0.6 is 0 Å². The van der Waals surface area contributed by atoms with Gasteiger partial charge in [0.15, 0.2) is 6.29 Å². The Morgan fingerprint density at radius 1 is 0.868 bits per heavy atom. The zero-order valence-electron chi connectivity index (χ0n) is 21.3. The van der Waals surface area contributed by atoms with Gasteiger partial charge in [0.25, 0.3) is 5.69 Å². The van der Waals surface area contributed by atoms with Gasteiger partial charge < -0.3 is 25.2 Å². The highest BCUT2D eigenvalue weighted by Gasteiger charge is 2.33. The second-order valence-corrected chi connectivity index (χ2v) is 9.86. The topological polar surface area (TPSA) is 114 Å². The van der Waals surface area contributed by atoms with Crippen molar-refractivity contribution in [2.24, 2.45) is 5.73 Å². The van der Waals surface area contributed by atoms with Gasteiger partial charge in [0, 0.05) is 69.1 Å². The number of non-ortho nitro benzene ring substituents is 1. The van der Waals surface area contributed by atoms with Gasteiger partial charge in [-0.1, -0.05) is 48.5 Å². The lowest BCUT2D eigenvalue weighted by Gasteiger charge is -2.41. The van der Waals surface area contributed by atoms with Crippen molar-refractivity contribution in [2.75, 3.05) is 37.6 Å². The molecule has 0 amide bonds. The lowest BCUT2D eigenvalue weighted by atomic mass is 9.99. The minimum Gasteiger partial charge on any atom is -0.392 e. The molecule has 2 fully saturated rings. The van der Waals surface area contributed by atoms with Crippen LogP contribution in [0, 0.1) is 10.1 Å². The smallest absolute Gasteiger partial charge is 0.269 e. The predicted molar refractivity (Wildman–Crippen MR) is 145 cm³/mol. The molecule has 38 heavy (non-hydrogen) atoms. The fourth-order valence-electron chi connectivity index (χ4n) is 5.11. The molecule has 0 saturated carbocycles. The van der Waals surface area contributed by atoms with Crippen molar-refractivity contribution in [2.45, 2.75) is 38.1 Å². The first-order valence-corrected chi connectivity index (χ1v) is 13.0. The lowest BCUT2D eigenvalue weighted by molar-refractivity contribution is -0.384. The summed E-state index contributed by atoms with van der Waals surface area (Å²) in [6.45, 7) is 4.74. The predicted octanol–water partition coefficient (Wildman–Crippen LogP) is 3.91. The molecule has 0 radical (unpaired) electrons. The van der Waals surface area contributed by atoms with E-state index in [0.29, 0.717) is 6.54 Å². The minimum atomic E-state index is -0.482. The van der Waals surface area contributed by atoms with Gasteiger partial charge in [0.2, 0.25) is 0 Å². The van der Waals surface area contributed by atoms with Crippen molar-refractivity contribution in [3.8, 4) is 0 Å². The van der Waals surface area contributed by atoms with E-state index in [2.05, 4.69) is 9.80 Å². The first-order chi connectivity index (χ1) is 18.5. The Bertz CT molecular complexity index is 1140. The highest BCUT2D eigenvalue weighted by Crippen LogP contribution is 2.38. The highest BCUT2D eigenvalue weighted by atomic mass is 16.7. The number of aliphatic hydroxyl groups is 1. The Morgan fingerprint density at radius 2 is 1.50 bits per heavy atom. The van der Waals surface area contributed by atoms with Crippen molar-refractivity contribution in [3.63, 3.8) is 0 Å². The minimum absolute atomic E-state index is 0.0134. The molecule has 3 aromatic carbocycles. The molecule has 0 spiro atoms. The monoisotopic (exact) mass is 518 g/mol. The molecule has 3 unspecified atom stereocenters. The number of benzene rings is 3. The Hall–Kier alpha value is -3.34. The summed E-state index contributed by atoms with van der Waals surface area (Å²) in [5.41, 5.74) is 10.9. The van der Waals surface area contributed by atoms with Crippen LogP contribution in [-0.4, -0.2) is 53.8 Å². The van der Waals surface area contributed by atoms with E-state index in [1.807, 2.05) is 60.7 Å². The second kappa shape index (κ2) is 12.0. The van der Waals surface area contributed by atoms with Crippen LogP contribution in [0.15, 0.2) is 72.8 Å². The molecule has 9 heteroatoms. The van der Waals surface area contributed by atoms with Crippen LogP contribution in [-0.2, 0) is 22.6 Å². The van der Waals surface area contributed by atoms with Gasteiger partial charge in [-0.05, 0) is 28.8 Å².